The molecule has 0 aliphatic rings. The summed E-state index contributed by atoms with van der Waals surface area (Å²) >= 11 is 2.59. The second kappa shape index (κ2) is 4.78. The van der Waals surface area contributed by atoms with E-state index in [0.717, 1.165) is 0 Å². The molecule has 0 amide bonds. The quantitative estimate of drug-likeness (QED) is 0.361. The molecule has 1 aromatic heterocycles. The van der Waals surface area contributed by atoms with Crippen LogP contribution in [-0.4, -0.2) is 18.3 Å². The Morgan fingerprint density at radius 1 is 1.53 bits per heavy atom. The zero-order valence-electron chi connectivity index (χ0n) is 7.60. The van der Waals surface area contributed by atoms with E-state index >= 15 is 0 Å². The van der Waals surface area contributed by atoms with Crippen molar-refractivity contribution in [1.82, 2.24) is 4.98 Å². The van der Waals surface area contributed by atoms with Crippen LogP contribution >= 0.6 is 26.6 Å². The molecule has 0 saturated carbocycles. The van der Waals surface area contributed by atoms with E-state index in [0.29, 0.717) is 6.07 Å². The molecule has 17 heavy (non-hydrogen) atoms. The molecule has 0 bridgehead atoms. The van der Waals surface area contributed by atoms with E-state index in [1.165, 1.54) is 0 Å². The van der Waals surface area contributed by atoms with Gasteiger partial charge < -0.3 is 0 Å². The fraction of sp³-hybridized carbons (Fsp3) is 0.167. The fourth-order valence-electron chi connectivity index (χ4n) is 0.955. The number of halogens is 4. The van der Waals surface area contributed by atoms with E-state index in [2.05, 4.69) is 20.9 Å². The van der Waals surface area contributed by atoms with Crippen molar-refractivity contribution < 1.29 is 22.1 Å². The van der Waals surface area contributed by atoms with Crippen LogP contribution in [0.2, 0.25) is 0 Å². The van der Waals surface area contributed by atoms with Crippen molar-refractivity contribution in [3.05, 3.63) is 26.5 Å². The molecule has 0 aliphatic carbocycles. The summed E-state index contributed by atoms with van der Waals surface area (Å²) in [7, 11) is 0.351. The zero-order chi connectivity index (χ0) is 13.4. The molecule has 0 atom stereocenters. The number of aromatic nitrogens is 1. The van der Waals surface area contributed by atoms with Crippen LogP contribution < -0.4 is 0 Å². The maximum atomic E-state index is 12.5. The third kappa shape index (κ3) is 3.07. The number of nitrogens with zero attached hydrogens (tertiary/aromatic N) is 2. The van der Waals surface area contributed by atoms with Gasteiger partial charge in [-0.3, -0.25) is 10.1 Å². The lowest BCUT2D eigenvalue weighted by molar-refractivity contribution is -0.386. The van der Waals surface area contributed by atoms with Gasteiger partial charge in [0.25, 0.3) is 15.5 Å². The summed E-state index contributed by atoms with van der Waals surface area (Å²) in [5.74, 6) is 0. The third-order valence-electron chi connectivity index (χ3n) is 1.62. The van der Waals surface area contributed by atoms with E-state index in [9.17, 15) is 27.3 Å². The maximum absolute atomic E-state index is 12.5. The average Bonchev–Trinajstić information content (AvgIpc) is 2.14. The Balaban J connectivity index is 3.66. The first-order chi connectivity index (χ1) is 7.64. The molecule has 6 nitrogen and oxygen atoms in total. The van der Waals surface area contributed by atoms with E-state index < -0.39 is 41.3 Å². The lowest BCUT2D eigenvalue weighted by atomic mass is 10.3. The van der Waals surface area contributed by atoms with Gasteiger partial charge in [0.15, 0.2) is 4.60 Å². The van der Waals surface area contributed by atoms with E-state index in [4.69, 9.17) is 10.7 Å². The minimum Gasteiger partial charge on any atom is -0.258 e. The smallest absolute Gasteiger partial charge is 0.258 e. The first-order valence-electron chi connectivity index (χ1n) is 3.72. The van der Waals surface area contributed by atoms with Crippen molar-refractivity contribution in [2.24, 2.45) is 0 Å². The third-order valence-corrected chi connectivity index (χ3v) is 3.55. The minimum absolute atomic E-state index is 0.431. The summed E-state index contributed by atoms with van der Waals surface area (Å²) in [5, 5.41) is 10.5. The molecule has 0 unspecified atom stereocenters. The standard InChI is InChI=1S/C6H2BrClF2N2O4S/c7-5-2(12(13)14)1-3(17(8,15)16)4(11-5)6(9)10/h1,6H. The molecule has 0 radical (unpaired) electrons. The molecule has 0 aromatic carbocycles. The number of hydrogen-bond donors (Lipinski definition) is 0. The van der Waals surface area contributed by atoms with E-state index in [1.807, 2.05) is 0 Å². The van der Waals surface area contributed by atoms with Gasteiger partial charge in [-0.05, 0) is 15.9 Å². The number of hydrogen-bond acceptors (Lipinski definition) is 5. The molecule has 0 fully saturated rings. The van der Waals surface area contributed by atoms with E-state index in [-0.39, 0.29) is 0 Å². The van der Waals surface area contributed by atoms with Crippen LogP contribution in [0.3, 0.4) is 0 Å². The summed E-state index contributed by atoms with van der Waals surface area (Å²) in [4.78, 5) is 11.6. The van der Waals surface area contributed by atoms with Gasteiger partial charge in [0.1, 0.15) is 10.6 Å². The van der Waals surface area contributed by atoms with E-state index in [1.54, 1.807) is 0 Å². The number of pyridine rings is 1. The van der Waals surface area contributed by atoms with Crippen molar-refractivity contribution in [3.63, 3.8) is 0 Å². The van der Waals surface area contributed by atoms with Crippen LogP contribution in [0, 0.1) is 10.1 Å². The van der Waals surface area contributed by atoms with Crippen LogP contribution in [0.4, 0.5) is 14.5 Å². The molecular weight excluding hydrogens is 349 g/mol. The van der Waals surface area contributed by atoms with Crippen LogP contribution in [0.5, 0.6) is 0 Å². The SMILES string of the molecule is O=[N+]([O-])c1cc(S(=O)(=O)Cl)c(C(F)F)nc1Br. The Bertz CT molecular complexity index is 580. The lowest BCUT2D eigenvalue weighted by Crippen LogP contribution is -2.05. The topological polar surface area (TPSA) is 90.2 Å². The average molecular weight is 352 g/mol. The Morgan fingerprint density at radius 2 is 2.06 bits per heavy atom. The van der Waals surface area contributed by atoms with Crippen LogP contribution in [-0.2, 0) is 9.05 Å². The van der Waals surface area contributed by atoms with Crippen molar-refractivity contribution in [1.29, 1.82) is 0 Å². The molecule has 94 valence electrons. The van der Waals surface area contributed by atoms with Gasteiger partial charge in [-0.1, -0.05) is 0 Å². The second-order valence-electron chi connectivity index (χ2n) is 2.68. The number of nitro groups is 1. The van der Waals surface area contributed by atoms with Gasteiger partial charge in [-0.2, -0.15) is 0 Å². The van der Waals surface area contributed by atoms with Crippen LogP contribution in [0.1, 0.15) is 12.1 Å². The minimum atomic E-state index is -4.55. The zero-order valence-corrected chi connectivity index (χ0v) is 10.8. The highest BCUT2D eigenvalue weighted by atomic mass is 79.9. The van der Waals surface area contributed by atoms with Gasteiger partial charge in [-0.15, -0.1) is 0 Å². The first kappa shape index (κ1) is 14.2. The Hall–Kier alpha value is -0.870. The van der Waals surface area contributed by atoms with Crippen LogP contribution in [0.15, 0.2) is 15.6 Å². The molecule has 1 aromatic rings. The Labute approximate surface area is 106 Å². The maximum Gasteiger partial charge on any atom is 0.303 e. The summed E-state index contributed by atoms with van der Waals surface area (Å²) in [5.41, 5.74) is -1.91. The Morgan fingerprint density at radius 3 is 2.41 bits per heavy atom. The van der Waals surface area contributed by atoms with Crippen molar-refractivity contribution in [3.8, 4) is 0 Å². The lowest BCUT2D eigenvalue weighted by Gasteiger charge is -2.05. The molecule has 0 saturated heterocycles. The molecule has 1 heterocycles. The second-order valence-corrected chi connectivity index (χ2v) is 5.96. The number of alkyl halides is 2. The fourth-order valence-corrected chi connectivity index (χ4v) is 2.41. The van der Waals surface area contributed by atoms with Gasteiger partial charge >= 0.3 is 5.69 Å². The molecule has 11 heteroatoms. The highest BCUT2D eigenvalue weighted by Gasteiger charge is 2.29. The molecule has 0 aliphatic heterocycles. The monoisotopic (exact) mass is 350 g/mol. The predicted molar refractivity (Wildman–Crippen MR) is 56.6 cm³/mol. The van der Waals surface area contributed by atoms with Gasteiger partial charge in [0, 0.05) is 16.7 Å². The van der Waals surface area contributed by atoms with Gasteiger partial charge in [0.2, 0.25) is 0 Å². The highest BCUT2D eigenvalue weighted by molar-refractivity contribution is 9.10. The normalized spacial score (nSPS) is 11.8. The first-order valence-corrected chi connectivity index (χ1v) is 6.82. The van der Waals surface area contributed by atoms with Gasteiger partial charge in [0.05, 0.1) is 4.92 Å². The van der Waals surface area contributed by atoms with Crippen LogP contribution in [0.25, 0.3) is 0 Å². The summed E-state index contributed by atoms with van der Waals surface area (Å²) in [6.07, 6.45) is -3.23. The Kier molecular flexibility index (Phi) is 3.99. The summed E-state index contributed by atoms with van der Waals surface area (Å²) in [6, 6.07) is 0.431. The molecule has 0 spiro atoms. The molecular formula is C6H2BrClF2N2O4S. The molecule has 1 rings (SSSR count). The summed E-state index contributed by atoms with van der Waals surface area (Å²) < 4.78 is 46.5. The molecule has 0 N–H and O–H groups in total. The van der Waals surface area contributed by atoms with Crippen molar-refractivity contribution in [2.75, 3.05) is 0 Å². The number of rotatable bonds is 3. The van der Waals surface area contributed by atoms with Crippen molar-refractivity contribution >= 4 is 41.4 Å². The largest absolute Gasteiger partial charge is 0.303 e. The van der Waals surface area contributed by atoms with Crippen molar-refractivity contribution in [2.45, 2.75) is 11.3 Å². The predicted octanol–water partition coefficient (Wildman–Crippen LogP) is 2.62. The van der Waals surface area contributed by atoms with Gasteiger partial charge in [-0.25, -0.2) is 22.2 Å². The summed E-state index contributed by atoms with van der Waals surface area (Å²) in [6.45, 7) is 0. The highest BCUT2D eigenvalue weighted by Crippen LogP contribution is 2.33.